The lowest BCUT2D eigenvalue weighted by Crippen LogP contribution is -2.36. The van der Waals surface area contributed by atoms with Gasteiger partial charge in [0, 0.05) is 12.8 Å². The zero-order valence-electron chi connectivity index (χ0n) is 7.88. The lowest BCUT2D eigenvalue weighted by molar-refractivity contribution is -0.123. The molecule has 1 fully saturated rings. The highest BCUT2D eigenvalue weighted by Gasteiger charge is 2.38. The maximum atomic E-state index is 11.8. The molecular formula is C10H10O4S. The Morgan fingerprint density at radius 1 is 1.13 bits per heavy atom. The minimum Gasteiger partial charge on any atom is -0.508 e. The summed E-state index contributed by atoms with van der Waals surface area (Å²) in [4.78, 5) is 10.9. The maximum absolute atomic E-state index is 11.8. The smallest absolute Gasteiger partial charge is 0.182 e. The molecule has 1 aliphatic rings. The molecule has 80 valence electrons. The number of carbonyl (C=O) groups is 1. The minimum atomic E-state index is -3.38. The van der Waals surface area contributed by atoms with Crippen molar-refractivity contribution in [1.29, 1.82) is 0 Å². The van der Waals surface area contributed by atoms with Crippen LogP contribution in [-0.4, -0.2) is 24.6 Å². The van der Waals surface area contributed by atoms with Gasteiger partial charge in [-0.05, 0) is 24.3 Å². The van der Waals surface area contributed by atoms with Crippen LogP contribution in [0.3, 0.4) is 0 Å². The summed E-state index contributed by atoms with van der Waals surface area (Å²) in [6, 6.07) is 5.36. The van der Waals surface area contributed by atoms with Crippen LogP contribution in [0.1, 0.15) is 12.8 Å². The van der Waals surface area contributed by atoms with Gasteiger partial charge in [0.2, 0.25) is 0 Å². The van der Waals surface area contributed by atoms with Gasteiger partial charge in [0.1, 0.15) is 11.5 Å². The molecule has 1 aromatic rings. The van der Waals surface area contributed by atoms with E-state index in [0.29, 0.717) is 0 Å². The van der Waals surface area contributed by atoms with E-state index in [1.54, 1.807) is 0 Å². The third kappa shape index (κ3) is 1.74. The molecule has 0 radical (unpaired) electrons. The summed E-state index contributed by atoms with van der Waals surface area (Å²) >= 11 is 0. The number of phenolic OH excluding ortho intramolecular Hbond substituents is 1. The molecule has 2 rings (SSSR count). The quantitative estimate of drug-likeness (QED) is 0.813. The molecule has 1 saturated carbocycles. The van der Waals surface area contributed by atoms with E-state index in [1.165, 1.54) is 24.3 Å². The van der Waals surface area contributed by atoms with Gasteiger partial charge < -0.3 is 5.11 Å². The Balaban J connectivity index is 2.30. The summed E-state index contributed by atoms with van der Waals surface area (Å²) in [5.74, 6) is 0.0148. The van der Waals surface area contributed by atoms with E-state index in [2.05, 4.69) is 0 Å². The lowest BCUT2D eigenvalue weighted by Gasteiger charge is -2.23. The monoisotopic (exact) mass is 226 g/mol. The molecule has 5 heteroatoms. The molecule has 0 aromatic heterocycles. The van der Waals surface area contributed by atoms with Gasteiger partial charge in [-0.1, -0.05) is 0 Å². The molecule has 0 amide bonds. The topological polar surface area (TPSA) is 71.4 Å². The molecule has 1 aliphatic carbocycles. The van der Waals surface area contributed by atoms with Crippen LogP contribution in [0.5, 0.6) is 5.75 Å². The van der Waals surface area contributed by atoms with Crippen LogP contribution in [0.15, 0.2) is 29.2 Å². The molecule has 0 heterocycles. The molecular weight excluding hydrogens is 216 g/mol. The highest BCUT2D eigenvalue weighted by Crippen LogP contribution is 2.29. The zero-order chi connectivity index (χ0) is 11.1. The highest BCUT2D eigenvalue weighted by atomic mass is 32.2. The molecule has 0 bridgehead atoms. The average molecular weight is 226 g/mol. The van der Waals surface area contributed by atoms with E-state index in [-0.39, 0.29) is 29.3 Å². The number of carbonyl (C=O) groups excluding carboxylic acids is 1. The van der Waals surface area contributed by atoms with Crippen LogP contribution in [-0.2, 0) is 14.6 Å². The Kier molecular flexibility index (Phi) is 2.26. The third-order valence-corrected chi connectivity index (χ3v) is 4.65. The molecule has 0 aliphatic heterocycles. The first kappa shape index (κ1) is 10.2. The first-order valence-electron chi connectivity index (χ1n) is 4.55. The number of Topliss-reactive ketones (excluding diaryl/α,β-unsaturated/α-hetero) is 1. The van der Waals surface area contributed by atoms with Gasteiger partial charge in [-0.25, -0.2) is 8.42 Å². The number of sulfone groups is 1. The van der Waals surface area contributed by atoms with E-state index in [1.807, 2.05) is 0 Å². The van der Waals surface area contributed by atoms with Crippen molar-refractivity contribution in [3.05, 3.63) is 24.3 Å². The van der Waals surface area contributed by atoms with Crippen LogP contribution in [0.25, 0.3) is 0 Å². The summed E-state index contributed by atoms with van der Waals surface area (Å²) in [5, 5.41) is 8.45. The predicted molar refractivity (Wildman–Crippen MR) is 53.3 cm³/mol. The summed E-state index contributed by atoms with van der Waals surface area (Å²) < 4.78 is 23.7. The van der Waals surface area contributed by atoms with Crippen molar-refractivity contribution in [2.75, 3.05) is 0 Å². The van der Waals surface area contributed by atoms with E-state index >= 15 is 0 Å². The normalized spacial score (nSPS) is 17.5. The first-order chi connectivity index (χ1) is 7.00. The van der Waals surface area contributed by atoms with Gasteiger partial charge >= 0.3 is 0 Å². The van der Waals surface area contributed by atoms with Crippen LogP contribution in [0, 0.1) is 0 Å². The van der Waals surface area contributed by atoms with Gasteiger partial charge in [-0.15, -0.1) is 0 Å². The molecule has 0 atom stereocenters. The number of rotatable bonds is 2. The fourth-order valence-corrected chi connectivity index (χ4v) is 3.21. The predicted octanol–water partition coefficient (Wildman–Crippen LogP) is 0.897. The van der Waals surface area contributed by atoms with Gasteiger partial charge in [0.25, 0.3) is 0 Å². The molecule has 0 spiro atoms. The van der Waals surface area contributed by atoms with Gasteiger partial charge in [0.15, 0.2) is 9.84 Å². The van der Waals surface area contributed by atoms with Crippen molar-refractivity contribution in [2.24, 2.45) is 0 Å². The Morgan fingerprint density at radius 3 is 2.13 bits per heavy atom. The number of ketones is 1. The third-order valence-electron chi connectivity index (χ3n) is 2.51. The van der Waals surface area contributed by atoms with E-state index in [4.69, 9.17) is 5.11 Å². The molecule has 4 nitrogen and oxygen atoms in total. The summed E-state index contributed by atoms with van der Waals surface area (Å²) in [6.45, 7) is 0. The second-order valence-corrected chi connectivity index (χ2v) is 5.84. The summed E-state index contributed by atoms with van der Waals surface area (Å²) in [7, 11) is -3.38. The average Bonchev–Trinajstić information content (AvgIpc) is 2.13. The van der Waals surface area contributed by atoms with Crippen molar-refractivity contribution in [2.45, 2.75) is 23.0 Å². The minimum absolute atomic E-state index is 0.0117. The number of hydrogen-bond acceptors (Lipinski definition) is 4. The molecule has 1 aromatic carbocycles. The Hall–Kier alpha value is -1.36. The fourth-order valence-electron chi connectivity index (χ4n) is 1.50. The Labute approximate surface area is 87.5 Å². The first-order valence-corrected chi connectivity index (χ1v) is 6.09. The highest BCUT2D eigenvalue weighted by molar-refractivity contribution is 7.92. The van der Waals surface area contributed by atoms with Gasteiger partial charge in [-0.3, -0.25) is 4.79 Å². The number of aromatic hydroxyl groups is 1. The van der Waals surface area contributed by atoms with Gasteiger partial charge in [0.05, 0.1) is 10.1 Å². The van der Waals surface area contributed by atoms with Crippen LogP contribution in [0.2, 0.25) is 0 Å². The van der Waals surface area contributed by atoms with Gasteiger partial charge in [-0.2, -0.15) is 0 Å². The number of benzene rings is 1. The largest absolute Gasteiger partial charge is 0.508 e. The SMILES string of the molecule is O=C1CC(S(=O)(=O)c2ccc(O)cc2)C1. The lowest BCUT2D eigenvalue weighted by atomic mass is 9.98. The van der Waals surface area contributed by atoms with Crippen LogP contribution in [0.4, 0.5) is 0 Å². The van der Waals surface area contributed by atoms with Crippen molar-refractivity contribution in [3.63, 3.8) is 0 Å². The molecule has 0 saturated heterocycles. The second kappa shape index (κ2) is 3.34. The van der Waals surface area contributed by atoms with Crippen LogP contribution < -0.4 is 0 Å². The fraction of sp³-hybridized carbons (Fsp3) is 0.300. The number of hydrogen-bond donors (Lipinski definition) is 1. The summed E-state index contributed by atoms with van der Waals surface area (Å²) in [5.41, 5.74) is 0. The van der Waals surface area contributed by atoms with Crippen molar-refractivity contribution >= 4 is 15.6 Å². The molecule has 1 N–H and O–H groups in total. The standard InChI is InChI=1S/C10H10O4S/c11-7-1-3-9(4-2-7)15(13,14)10-5-8(12)6-10/h1-4,10-11H,5-6H2. The van der Waals surface area contributed by atoms with E-state index < -0.39 is 15.1 Å². The van der Waals surface area contributed by atoms with E-state index in [0.717, 1.165) is 0 Å². The zero-order valence-corrected chi connectivity index (χ0v) is 8.70. The van der Waals surface area contributed by atoms with E-state index in [9.17, 15) is 13.2 Å². The number of phenols is 1. The summed E-state index contributed by atoms with van der Waals surface area (Å²) in [6.07, 6.45) is 0.229. The molecule has 15 heavy (non-hydrogen) atoms. The van der Waals surface area contributed by atoms with Crippen LogP contribution >= 0.6 is 0 Å². The van der Waals surface area contributed by atoms with Crippen molar-refractivity contribution < 1.29 is 18.3 Å². The van der Waals surface area contributed by atoms with Crippen molar-refractivity contribution in [3.8, 4) is 5.75 Å². The second-order valence-electron chi connectivity index (χ2n) is 3.61. The Morgan fingerprint density at radius 2 is 1.67 bits per heavy atom. The van der Waals surface area contributed by atoms with Crippen molar-refractivity contribution in [1.82, 2.24) is 0 Å². The maximum Gasteiger partial charge on any atom is 0.182 e. The Bertz CT molecular complexity index is 479. The molecule has 0 unspecified atom stereocenters.